The summed E-state index contributed by atoms with van der Waals surface area (Å²) in [6.07, 6.45) is 5.87. The van der Waals surface area contributed by atoms with Crippen LogP contribution in [0.3, 0.4) is 0 Å². The van der Waals surface area contributed by atoms with Gasteiger partial charge in [-0.3, -0.25) is 0 Å². The van der Waals surface area contributed by atoms with Crippen molar-refractivity contribution in [1.82, 2.24) is 0 Å². The highest BCUT2D eigenvalue weighted by Gasteiger charge is 2.25. The van der Waals surface area contributed by atoms with Gasteiger partial charge in [0.1, 0.15) is 0 Å². The van der Waals surface area contributed by atoms with E-state index in [0.717, 1.165) is 5.92 Å². The van der Waals surface area contributed by atoms with Gasteiger partial charge in [-0.25, -0.2) is 0 Å². The summed E-state index contributed by atoms with van der Waals surface area (Å²) in [5, 5.41) is 0. The van der Waals surface area contributed by atoms with Crippen LogP contribution in [-0.4, -0.2) is 0 Å². The smallest absolute Gasteiger partial charge is 0.0146 e. The monoisotopic (exact) mass is 140 g/mol. The van der Waals surface area contributed by atoms with Crippen molar-refractivity contribution in [2.45, 2.75) is 41.0 Å². The first-order valence-electron chi connectivity index (χ1n) is 4.30. The first-order valence-corrected chi connectivity index (χ1v) is 4.30. The SMILES string of the molecule is CC.CC1CC=CC1(C)C. The van der Waals surface area contributed by atoms with Gasteiger partial charge in [-0.2, -0.15) is 0 Å². The van der Waals surface area contributed by atoms with E-state index in [2.05, 4.69) is 32.9 Å². The summed E-state index contributed by atoms with van der Waals surface area (Å²) in [7, 11) is 0. The number of hydrogen-bond acceptors (Lipinski definition) is 0. The molecule has 1 aliphatic carbocycles. The van der Waals surface area contributed by atoms with E-state index < -0.39 is 0 Å². The Bertz CT molecular complexity index is 109. The molecule has 0 bridgehead atoms. The quantitative estimate of drug-likeness (QED) is 0.451. The van der Waals surface area contributed by atoms with E-state index in [0.29, 0.717) is 5.41 Å². The Balaban J connectivity index is 0.000000371. The Morgan fingerprint density at radius 3 is 1.90 bits per heavy atom. The van der Waals surface area contributed by atoms with E-state index >= 15 is 0 Å². The zero-order chi connectivity index (χ0) is 8.20. The maximum Gasteiger partial charge on any atom is -0.0146 e. The normalized spacial score (nSPS) is 27.5. The van der Waals surface area contributed by atoms with E-state index in [1.54, 1.807) is 0 Å². The van der Waals surface area contributed by atoms with E-state index in [-0.39, 0.29) is 0 Å². The molecule has 0 saturated heterocycles. The van der Waals surface area contributed by atoms with Crippen LogP contribution in [0.4, 0.5) is 0 Å². The zero-order valence-corrected chi connectivity index (χ0v) is 7.94. The molecule has 1 atom stereocenters. The van der Waals surface area contributed by atoms with E-state index in [9.17, 15) is 0 Å². The minimum Gasteiger partial charge on any atom is -0.0877 e. The van der Waals surface area contributed by atoms with Crippen LogP contribution in [0.1, 0.15) is 41.0 Å². The fraction of sp³-hybridized carbons (Fsp3) is 0.800. The number of allylic oxidation sites excluding steroid dienone is 2. The molecule has 0 aliphatic heterocycles. The lowest BCUT2D eigenvalue weighted by Crippen LogP contribution is -2.12. The Morgan fingerprint density at radius 2 is 1.80 bits per heavy atom. The highest BCUT2D eigenvalue weighted by atomic mass is 14.3. The first kappa shape index (κ1) is 9.74. The summed E-state index contributed by atoms with van der Waals surface area (Å²) in [6.45, 7) is 10.9. The highest BCUT2D eigenvalue weighted by Crippen LogP contribution is 2.35. The van der Waals surface area contributed by atoms with Crippen LogP contribution >= 0.6 is 0 Å². The lowest BCUT2D eigenvalue weighted by Gasteiger charge is -2.21. The van der Waals surface area contributed by atoms with Gasteiger partial charge in [0.15, 0.2) is 0 Å². The van der Waals surface area contributed by atoms with Gasteiger partial charge in [0.05, 0.1) is 0 Å². The van der Waals surface area contributed by atoms with Gasteiger partial charge < -0.3 is 0 Å². The Hall–Kier alpha value is -0.260. The Labute approximate surface area is 65.3 Å². The van der Waals surface area contributed by atoms with Crippen molar-refractivity contribution in [3.63, 3.8) is 0 Å². The van der Waals surface area contributed by atoms with Gasteiger partial charge >= 0.3 is 0 Å². The topological polar surface area (TPSA) is 0 Å². The molecular formula is C10H20. The molecule has 0 fully saturated rings. The van der Waals surface area contributed by atoms with Crippen molar-refractivity contribution < 1.29 is 0 Å². The number of hydrogen-bond donors (Lipinski definition) is 0. The maximum absolute atomic E-state index is 2.32. The Kier molecular flexibility index (Phi) is 3.70. The van der Waals surface area contributed by atoms with Crippen molar-refractivity contribution in [1.29, 1.82) is 0 Å². The summed E-state index contributed by atoms with van der Waals surface area (Å²) in [6, 6.07) is 0. The van der Waals surface area contributed by atoms with Gasteiger partial charge in [0.25, 0.3) is 0 Å². The second kappa shape index (κ2) is 3.80. The lowest BCUT2D eigenvalue weighted by molar-refractivity contribution is 0.335. The summed E-state index contributed by atoms with van der Waals surface area (Å²) < 4.78 is 0. The molecule has 10 heavy (non-hydrogen) atoms. The third kappa shape index (κ3) is 2.17. The zero-order valence-electron chi connectivity index (χ0n) is 7.94. The molecule has 0 aromatic rings. The van der Waals surface area contributed by atoms with E-state index in [4.69, 9.17) is 0 Å². The van der Waals surface area contributed by atoms with Crippen LogP contribution in [0.5, 0.6) is 0 Å². The third-order valence-corrected chi connectivity index (χ3v) is 2.31. The first-order chi connectivity index (χ1) is 4.63. The van der Waals surface area contributed by atoms with Gasteiger partial charge in [-0.15, -0.1) is 0 Å². The molecule has 0 amide bonds. The summed E-state index contributed by atoms with van der Waals surface area (Å²) in [5.41, 5.74) is 0.472. The molecule has 1 aliphatic rings. The van der Waals surface area contributed by atoms with Crippen molar-refractivity contribution in [3.8, 4) is 0 Å². The van der Waals surface area contributed by atoms with E-state index in [1.807, 2.05) is 13.8 Å². The number of rotatable bonds is 0. The van der Waals surface area contributed by atoms with Crippen molar-refractivity contribution in [2.24, 2.45) is 11.3 Å². The van der Waals surface area contributed by atoms with Crippen molar-refractivity contribution in [3.05, 3.63) is 12.2 Å². The average molecular weight is 140 g/mol. The summed E-state index contributed by atoms with van der Waals surface area (Å²) in [5.74, 6) is 0.850. The summed E-state index contributed by atoms with van der Waals surface area (Å²) >= 11 is 0. The van der Waals surface area contributed by atoms with E-state index in [1.165, 1.54) is 6.42 Å². The van der Waals surface area contributed by atoms with Gasteiger partial charge in [0.2, 0.25) is 0 Å². The summed E-state index contributed by atoms with van der Waals surface area (Å²) in [4.78, 5) is 0. The molecule has 0 heteroatoms. The largest absolute Gasteiger partial charge is 0.0877 e. The molecular weight excluding hydrogens is 120 g/mol. The van der Waals surface area contributed by atoms with Crippen molar-refractivity contribution in [2.75, 3.05) is 0 Å². The molecule has 0 aromatic carbocycles. The molecule has 0 heterocycles. The molecule has 60 valence electrons. The fourth-order valence-electron chi connectivity index (χ4n) is 1.04. The van der Waals surface area contributed by atoms with Crippen LogP contribution in [0.25, 0.3) is 0 Å². The van der Waals surface area contributed by atoms with Gasteiger partial charge in [0, 0.05) is 0 Å². The second-order valence-electron chi connectivity index (χ2n) is 3.36. The van der Waals surface area contributed by atoms with Gasteiger partial charge in [-0.1, -0.05) is 46.8 Å². The molecule has 0 spiro atoms. The van der Waals surface area contributed by atoms with Gasteiger partial charge in [-0.05, 0) is 17.8 Å². The van der Waals surface area contributed by atoms with Crippen molar-refractivity contribution >= 4 is 0 Å². The highest BCUT2D eigenvalue weighted by molar-refractivity contribution is 5.05. The molecule has 1 unspecified atom stereocenters. The van der Waals surface area contributed by atoms with Crippen LogP contribution in [-0.2, 0) is 0 Å². The minimum atomic E-state index is 0.472. The maximum atomic E-state index is 2.32. The fourth-order valence-corrected chi connectivity index (χ4v) is 1.04. The molecule has 1 rings (SSSR count). The van der Waals surface area contributed by atoms with Crippen LogP contribution in [0.2, 0.25) is 0 Å². The molecule has 0 nitrogen and oxygen atoms in total. The van der Waals surface area contributed by atoms with Crippen LogP contribution < -0.4 is 0 Å². The van der Waals surface area contributed by atoms with Crippen LogP contribution in [0, 0.1) is 11.3 Å². The average Bonchev–Trinajstić information content (AvgIpc) is 2.17. The standard InChI is InChI=1S/C8H14.C2H6/c1-7-5-4-6-8(7,2)3;1-2/h4,6-7H,5H2,1-3H3;1-2H3. The molecule has 0 N–H and O–H groups in total. The molecule has 0 saturated carbocycles. The van der Waals surface area contributed by atoms with Crippen LogP contribution in [0.15, 0.2) is 12.2 Å². The molecule has 0 aromatic heterocycles. The predicted molar refractivity (Wildman–Crippen MR) is 48.1 cm³/mol. The minimum absolute atomic E-state index is 0.472. The third-order valence-electron chi connectivity index (χ3n) is 2.31. The second-order valence-corrected chi connectivity index (χ2v) is 3.36. The Morgan fingerprint density at radius 1 is 1.30 bits per heavy atom. The predicted octanol–water partition coefficient (Wildman–Crippen LogP) is 3.63. The molecule has 0 radical (unpaired) electrons. The lowest BCUT2D eigenvalue weighted by atomic mass is 9.84.